The lowest BCUT2D eigenvalue weighted by Gasteiger charge is -2.31. The molecule has 5 rings (SSSR count). The minimum atomic E-state index is -1.17. The molecule has 0 bridgehead atoms. The first kappa shape index (κ1) is 40.0. The van der Waals surface area contributed by atoms with Gasteiger partial charge in [-0.15, -0.1) is 0 Å². The molecule has 0 fully saturated rings. The molecular formula is C42H48Cl2FN3O5. The van der Waals surface area contributed by atoms with Crippen molar-refractivity contribution in [3.63, 3.8) is 0 Å². The van der Waals surface area contributed by atoms with Crippen LogP contribution in [0, 0.1) is 11.2 Å². The maximum atomic E-state index is 14.3. The zero-order chi connectivity index (χ0) is 38.0. The number of anilines is 1. The molecule has 4 aromatic carbocycles. The SMILES string of the molecule is COc1c(OCCCNCCCc2ccc(Cl)cc2)cccc1[C@@H]1O[C@@H](CC(=O)NCc2ccccc2F)C(=O)N(CC(C)(C)C)c2ccc(Cl)cc21. The summed E-state index contributed by atoms with van der Waals surface area (Å²) in [4.78, 5) is 29.4. The molecule has 0 aliphatic carbocycles. The van der Waals surface area contributed by atoms with Crippen LogP contribution in [-0.2, 0) is 27.3 Å². The Morgan fingerprint density at radius 2 is 1.66 bits per heavy atom. The molecular weight excluding hydrogens is 716 g/mol. The Labute approximate surface area is 321 Å². The molecule has 4 aromatic rings. The van der Waals surface area contributed by atoms with E-state index < -0.39 is 23.9 Å². The van der Waals surface area contributed by atoms with Crippen LogP contribution in [0.1, 0.15) is 68.4 Å². The normalized spacial score (nSPS) is 15.8. The fourth-order valence-electron chi connectivity index (χ4n) is 6.30. The number of halogens is 3. The zero-order valence-electron chi connectivity index (χ0n) is 30.7. The van der Waals surface area contributed by atoms with E-state index in [1.54, 1.807) is 42.3 Å². The van der Waals surface area contributed by atoms with E-state index in [9.17, 15) is 14.0 Å². The van der Waals surface area contributed by atoms with Crippen LogP contribution >= 0.6 is 23.2 Å². The van der Waals surface area contributed by atoms with Crippen molar-refractivity contribution in [3.05, 3.63) is 123 Å². The van der Waals surface area contributed by atoms with Gasteiger partial charge in [-0.05, 0) is 85.8 Å². The van der Waals surface area contributed by atoms with Gasteiger partial charge in [0.05, 0.1) is 20.1 Å². The van der Waals surface area contributed by atoms with E-state index in [0.717, 1.165) is 37.4 Å². The first-order chi connectivity index (χ1) is 25.4. The van der Waals surface area contributed by atoms with Crippen LogP contribution < -0.4 is 25.0 Å². The summed E-state index contributed by atoms with van der Waals surface area (Å²) in [6.07, 6.45) is 0.456. The molecule has 0 saturated carbocycles. The van der Waals surface area contributed by atoms with Gasteiger partial charge in [-0.1, -0.05) is 86.4 Å². The van der Waals surface area contributed by atoms with Gasteiger partial charge in [-0.2, -0.15) is 0 Å². The molecule has 282 valence electrons. The number of para-hydroxylation sites is 1. The summed E-state index contributed by atoms with van der Waals surface area (Å²) >= 11 is 12.6. The molecule has 53 heavy (non-hydrogen) atoms. The quantitative estimate of drug-likeness (QED) is 0.111. The van der Waals surface area contributed by atoms with Crippen LogP contribution in [0.3, 0.4) is 0 Å². The van der Waals surface area contributed by atoms with E-state index in [2.05, 4.69) is 22.8 Å². The Morgan fingerprint density at radius 3 is 2.40 bits per heavy atom. The third kappa shape index (κ3) is 11.2. The summed E-state index contributed by atoms with van der Waals surface area (Å²) in [5, 5.41) is 7.44. The molecule has 1 heterocycles. The van der Waals surface area contributed by atoms with E-state index in [0.29, 0.717) is 52.1 Å². The number of fused-ring (bicyclic) bond motifs is 1. The molecule has 2 N–H and O–H groups in total. The first-order valence-corrected chi connectivity index (χ1v) is 18.7. The van der Waals surface area contributed by atoms with Crippen LogP contribution in [0.25, 0.3) is 0 Å². The van der Waals surface area contributed by atoms with Crippen molar-refractivity contribution < 1.29 is 28.2 Å². The van der Waals surface area contributed by atoms with Crippen LogP contribution in [0.2, 0.25) is 10.0 Å². The fraction of sp³-hybridized carbons (Fsp3) is 0.381. The van der Waals surface area contributed by atoms with E-state index in [4.69, 9.17) is 37.4 Å². The Kier molecular flexibility index (Phi) is 14.2. The predicted molar refractivity (Wildman–Crippen MR) is 209 cm³/mol. The largest absolute Gasteiger partial charge is 0.492 e. The molecule has 0 spiro atoms. The lowest BCUT2D eigenvalue weighted by Crippen LogP contribution is -2.45. The van der Waals surface area contributed by atoms with Crippen LogP contribution in [0.4, 0.5) is 10.1 Å². The summed E-state index contributed by atoms with van der Waals surface area (Å²) in [5.74, 6) is -0.249. The highest BCUT2D eigenvalue weighted by Gasteiger charge is 2.40. The van der Waals surface area contributed by atoms with Crippen LogP contribution in [0.5, 0.6) is 11.5 Å². The van der Waals surface area contributed by atoms with Gasteiger partial charge in [0.2, 0.25) is 5.91 Å². The average molecular weight is 765 g/mol. The number of nitrogens with zero attached hydrogens (tertiary/aromatic N) is 1. The minimum Gasteiger partial charge on any atom is -0.492 e. The van der Waals surface area contributed by atoms with Gasteiger partial charge < -0.3 is 29.7 Å². The van der Waals surface area contributed by atoms with Crippen molar-refractivity contribution in [2.75, 3.05) is 38.3 Å². The number of methoxy groups -OCH3 is 1. The Morgan fingerprint density at radius 1 is 0.925 bits per heavy atom. The monoisotopic (exact) mass is 763 g/mol. The number of hydrogen-bond acceptors (Lipinski definition) is 6. The number of nitrogens with one attached hydrogen (secondary N) is 2. The smallest absolute Gasteiger partial charge is 0.256 e. The first-order valence-electron chi connectivity index (χ1n) is 17.9. The molecule has 2 amide bonds. The molecule has 0 unspecified atom stereocenters. The third-order valence-corrected chi connectivity index (χ3v) is 9.31. The summed E-state index contributed by atoms with van der Waals surface area (Å²) in [5.41, 5.74) is 3.22. The average Bonchev–Trinajstić information content (AvgIpc) is 3.22. The number of carbonyl (C=O) groups is 2. The fourth-order valence-corrected chi connectivity index (χ4v) is 6.61. The van der Waals surface area contributed by atoms with Crippen molar-refractivity contribution in [2.45, 2.75) is 65.2 Å². The minimum absolute atomic E-state index is 0.0243. The standard InChI is InChI=1S/C42H48Cl2FN3O5/c1-42(2,3)27-48-35-20-19-31(44)24-33(35)39(53-37(41(48)50)25-38(49)47-26-29-11-5-6-13-34(29)45)32-12-7-14-36(40(32)51-4)52-23-9-22-46-21-8-10-28-15-17-30(43)18-16-28/h5-7,11-20,24,37,39,46H,8-10,21-23,25-27H2,1-4H3,(H,47,49)/t37-,39-/m0/s1. The Hall–Kier alpha value is -4.15. The highest BCUT2D eigenvalue weighted by Crippen LogP contribution is 2.45. The van der Waals surface area contributed by atoms with Gasteiger partial charge in [0.1, 0.15) is 18.0 Å². The molecule has 11 heteroatoms. The molecule has 1 aliphatic rings. The lowest BCUT2D eigenvalue weighted by molar-refractivity contribution is -0.138. The topological polar surface area (TPSA) is 89.1 Å². The lowest BCUT2D eigenvalue weighted by atomic mass is 9.94. The summed E-state index contributed by atoms with van der Waals surface area (Å²) < 4.78 is 33.2. The van der Waals surface area contributed by atoms with Gasteiger partial charge in [0.25, 0.3) is 5.91 Å². The summed E-state index contributed by atoms with van der Waals surface area (Å²) in [6, 6.07) is 25.1. The van der Waals surface area contributed by atoms with Gasteiger partial charge in [-0.25, -0.2) is 4.39 Å². The van der Waals surface area contributed by atoms with Crippen molar-refractivity contribution in [1.29, 1.82) is 0 Å². The van der Waals surface area contributed by atoms with Crippen LogP contribution in [-0.4, -0.2) is 51.3 Å². The molecule has 0 aromatic heterocycles. The molecule has 0 saturated heterocycles. The second-order valence-corrected chi connectivity index (χ2v) is 15.2. The maximum Gasteiger partial charge on any atom is 0.256 e. The number of hydrogen-bond donors (Lipinski definition) is 2. The number of aryl methyl sites for hydroxylation is 1. The maximum absolute atomic E-state index is 14.3. The van der Waals surface area contributed by atoms with E-state index in [1.165, 1.54) is 11.6 Å². The molecule has 2 atom stereocenters. The van der Waals surface area contributed by atoms with Crippen molar-refractivity contribution in [1.82, 2.24) is 10.6 Å². The second-order valence-electron chi connectivity index (χ2n) is 14.3. The second kappa shape index (κ2) is 18.7. The van der Waals surface area contributed by atoms with Gasteiger partial charge in [0.15, 0.2) is 11.5 Å². The van der Waals surface area contributed by atoms with Gasteiger partial charge >= 0.3 is 0 Å². The van der Waals surface area contributed by atoms with Gasteiger partial charge in [0, 0.05) is 45.5 Å². The summed E-state index contributed by atoms with van der Waals surface area (Å²) in [7, 11) is 1.56. The van der Waals surface area contributed by atoms with E-state index in [1.807, 2.05) is 57.2 Å². The predicted octanol–water partition coefficient (Wildman–Crippen LogP) is 8.71. The number of benzene rings is 4. The number of carbonyl (C=O) groups excluding carboxylic acids is 2. The van der Waals surface area contributed by atoms with Crippen molar-refractivity contribution in [3.8, 4) is 11.5 Å². The highest BCUT2D eigenvalue weighted by atomic mass is 35.5. The molecule has 1 aliphatic heterocycles. The molecule has 0 radical (unpaired) electrons. The van der Waals surface area contributed by atoms with Crippen molar-refractivity contribution >= 4 is 40.7 Å². The third-order valence-electron chi connectivity index (χ3n) is 8.83. The number of ether oxygens (including phenoxy) is 3. The Bertz CT molecular complexity index is 1850. The molecule has 8 nitrogen and oxygen atoms in total. The number of amides is 2. The summed E-state index contributed by atoms with van der Waals surface area (Å²) in [6.45, 7) is 8.56. The van der Waals surface area contributed by atoms with Gasteiger partial charge in [-0.3, -0.25) is 9.59 Å². The zero-order valence-corrected chi connectivity index (χ0v) is 32.2. The van der Waals surface area contributed by atoms with E-state index in [-0.39, 0.29) is 24.3 Å². The van der Waals surface area contributed by atoms with Crippen molar-refractivity contribution in [2.24, 2.45) is 5.41 Å². The highest BCUT2D eigenvalue weighted by molar-refractivity contribution is 6.31. The van der Waals surface area contributed by atoms with Crippen LogP contribution in [0.15, 0.2) is 84.9 Å². The number of rotatable bonds is 16. The van der Waals surface area contributed by atoms with E-state index >= 15 is 0 Å². The Balaban J connectivity index is 1.33.